The van der Waals surface area contributed by atoms with Crippen molar-refractivity contribution in [3.63, 3.8) is 0 Å². The van der Waals surface area contributed by atoms with Gasteiger partial charge in [0.1, 0.15) is 5.78 Å². The molecule has 0 N–H and O–H groups in total. The molecule has 0 aromatic heterocycles. The minimum atomic E-state index is 0.188. The van der Waals surface area contributed by atoms with Crippen LogP contribution in [0.25, 0.3) is 0 Å². The molecule has 0 aliphatic carbocycles. The van der Waals surface area contributed by atoms with Crippen LogP contribution in [0.15, 0.2) is 12.7 Å². The van der Waals surface area contributed by atoms with Crippen molar-refractivity contribution < 1.29 is 4.79 Å². The molecule has 0 radical (unpaired) electrons. The second-order valence-corrected chi connectivity index (χ2v) is 2.96. The van der Waals surface area contributed by atoms with E-state index in [4.69, 9.17) is 0 Å². The summed E-state index contributed by atoms with van der Waals surface area (Å²) in [6.45, 7) is 9.34. The highest BCUT2D eigenvalue weighted by molar-refractivity contribution is 5.77. The minimum Gasteiger partial charge on any atom is -0.300 e. The first kappa shape index (κ1) is 9.41. The lowest BCUT2D eigenvalue weighted by molar-refractivity contribution is -0.120. The molecule has 0 saturated heterocycles. The van der Waals surface area contributed by atoms with Crippen molar-refractivity contribution in [2.24, 2.45) is 11.8 Å². The van der Waals surface area contributed by atoms with E-state index in [2.05, 4.69) is 13.5 Å². The Bertz CT molecular complexity index is 127. The Morgan fingerprint density at radius 2 is 2.10 bits per heavy atom. The summed E-state index contributed by atoms with van der Waals surface area (Å²) in [7, 11) is 0. The highest BCUT2D eigenvalue weighted by Gasteiger charge is 2.09. The van der Waals surface area contributed by atoms with Gasteiger partial charge in [-0.2, -0.15) is 0 Å². The van der Waals surface area contributed by atoms with E-state index in [1.807, 2.05) is 13.0 Å². The lowest BCUT2D eigenvalue weighted by atomic mass is 9.95. The Labute approximate surface area is 63.1 Å². The first-order valence-corrected chi connectivity index (χ1v) is 3.71. The minimum absolute atomic E-state index is 0.188. The number of ketones is 1. The molecule has 0 fully saturated rings. The Balaban J connectivity index is 3.67. The van der Waals surface area contributed by atoms with Gasteiger partial charge in [-0.05, 0) is 19.3 Å². The van der Waals surface area contributed by atoms with Gasteiger partial charge in [-0.1, -0.05) is 19.9 Å². The normalized spacial score (nSPS) is 15.9. The van der Waals surface area contributed by atoms with Crippen LogP contribution in [0, 0.1) is 11.8 Å². The van der Waals surface area contributed by atoms with Gasteiger partial charge in [-0.25, -0.2) is 0 Å². The molecule has 10 heavy (non-hydrogen) atoms. The van der Waals surface area contributed by atoms with Crippen molar-refractivity contribution >= 4 is 5.78 Å². The van der Waals surface area contributed by atoms with Gasteiger partial charge in [0.05, 0.1) is 0 Å². The quantitative estimate of drug-likeness (QED) is 0.548. The summed E-state index contributed by atoms with van der Waals surface area (Å²) in [5.74, 6) is 0.917. The molecule has 0 unspecified atom stereocenters. The maximum atomic E-state index is 10.8. The third-order valence-electron chi connectivity index (χ3n) is 1.82. The molecule has 1 nitrogen and oxygen atoms in total. The molecular formula is C9H16O. The molecule has 58 valence electrons. The zero-order chi connectivity index (χ0) is 8.15. The summed E-state index contributed by atoms with van der Waals surface area (Å²) < 4.78 is 0. The van der Waals surface area contributed by atoms with Gasteiger partial charge in [0.15, 0.2) is 0 Å². The summed E-state index contributed by atoms with van der Waals surface area (Å²) in [5.41, 5.74) is 0. The van der Waals surface area contributed by atoms with E-state index in [9.17, 15) is 4.79 Å². The molecule has 0 spiro atoms. The Morgan fingerprint density at radius 3 is 2.40 bits per heavy atom. The third kappa shape index (κ3) is 3.44. The second-order valence-electron chi connectivity index (χ2n) is 2.96. The van der Waals surface area contributed by atoms with Crippen LogP contribution in [-0.2, 0) is 4.79 Å². The van der Waals surface area contributed by atoms with E-state index in [1.54, 1.807) is 6.92 Å². The summed E-state index contributed by atoms with van der Waals surface area (Å²) in [5, 5.41) is 0. The molecule has 0 aliphatic rings. The molecule has 0 amide bonds. The van der Waals surface area contributed by atoms with E-state index in [-0.39, 0.29) is 11.7 Å². The van der Waals surface area contributed by atoms with Crippen LogP contribution in [-0.4, -0.2) is 5.78 Å². The first-order valence-electron chi connectivity index (χ1n) is 3.71. The number of carbonyl (C=O) groups excluding carboxylic acids is 1. The maximum absolute atomic E-state index is 10.8. The van der Waals surface area contributed by atoms with Crippen LogP contribution < -0.4 is 0 Å². The molecule has 0 aromatic carbocycles. The van der Waals surface area contributed by atoms with Gasteiger partial charge in [0.25, 0.3) is 0 Å². The number of Topliss-reactive ketones (excluding diaryl/α,β-unsaturated/α-hetero) is 1. The molecular weight excluding hydrogens is 124 g/mol. The predicted molar refractivity (Wildman–Crippen MR) is 43.8 cm³/mol. The summed E-state index contributed by atoms with van der Waals surface area (Å²) in [4.78, 5) is 10.8. The van der Waals surface area contributed by atoms with E-state index in [0.717, 1.165) is 6.42 Å². The number of hydrogen-bond acceptors (Lipinski definition) is 1. The number of allylic oxidation sites excluding steroid dienone is 1. The topological polar surface area (TPSA) is 17.1 Å². The highest BCUT2D eigenvalue weighted by atomic mass is 16.1. The van der Waals surface area contributed by atoms with Crippen molar-refractivity contribution in [2.45, 2.75) is 27.2 Å². The zero-order valence-electron chi connectivity index (χ0n) is 7.05. The first-order chi connectivity index (χ1) is 4.57. The Morgan fingerprint density at radius 1 is 1.60 bits per heavy atom. The Kier molecular flexibility index (Phi) is 4.01. The van der Waals surface area contributed by atoms with Crippen LogP contribution in [0.5, 0.6) is 0 Å². The zero-order valence-corrected chi connectivity index (χ0v) is 7.05. The maximum Gasteiger partial charge on any atom is 0.132 e. The fraction of sp³-hybridized carbons (Fsp3) is 0.667. The van der Waals surface area contributed by atoms with E-state index >= 15 is 0 Å². The highest BCUT2D eigenvalue weighted by Crippen LogP contribution is 2.12. The van der Waals surface area contributed by atoms with Crippen LogP contribution in [0.1, 0.15) is 27.2 Å². The standard InChI is InChI=1S/C9H16O/c1-5-7(2)6-8(3)9(4)10/h5,7-8H,1,6H2,2-4H3/t7-,8-/m0/s1. The number of hydrogen-bond donors (Lipinski definition) is 0. The van der Waals surface area contributed by atoms with E-state index in [0.29, 0.717) is 5.92 Å². The average molecular weight is 140 g/mol. The fourth-order valence-electron chi connectivity index (χ4n) is 0.820. The van der Waals surface area contributed by atoms with Gasteiger partial charge < -0.3 is 0 Å². The van der Waals surface area contributed by atoms with Gasteiger partial charge in [-0.15, -0.1) is 6.58 Å². The van der Waals surface area contributed by atoms with Crippen molar-refractivity contribution in [1.29, 1.82) is 0 Å². The van der Waals surface area contributed by atoms with Crippen molar-refractivity contribution in [3.05, 3.63) is 12.7 Å². The van der Waals surface area contributed by atoms with Crippen molar-refractivity contribution in [3.8, 4) is 0 Å². The largest absolute Gasteiger partial charge is 0.300 e. The van der Waals surface area contributed by atoms with E-state index < -0.39 is 0 Å². The molecule has 1 heteroatoms. The van der Waals surface area contributed by atoms with Crippen molar-refractivity contribution in [2.75, 3.05) is 0 Å². The molecule has 0 heterocycles. The lowest BCUT2D eigenvalue weighted by Crippen LogP contribution is -2.09. The van der Waals surface area contributed by atoms with Gasteiger partial charge in [-0.3, -0.25) is 4.79 Å². The summed E-state index contributed by atoms with van der Waals surface area (Å²) in [6, 6.07) is 0. The third-order valence-corrected chi connectivity index (χ3v) is 1.82. The fourth-order valence-corrected chi connectivity index (χ4v) is 0.820. The monoisotopic (exact) mass is 140 g/mol. The van der Waals surface area contributed by atoms with Crippen LogP contribution in [0.2, 0.25) is 0 Å². The molecule has 0 aliphatic heterocycles. The molecule has 0 rings (SSSR count). The SMILES string of the molecule is C=C[C@H](C)C[C@H](C)C(C)=O. The summed E-state index contributed by atoms with van der Waals surface area (Å²) in [6.07, 6.45) is 2.82. The summed E-state index contributed by atoms with van der Waals surface area (Å²) >= 11 is 0. The van der Waals surface area contributed by atoms with Gasteiger partial charge in [0, 0.05) is 5.92 Å². The van der Waals surface area contributed by atoms with Crippen molar-refractivity contribution in [1.82, 2.24) is 0 Å². The smallest absolute Gasteiger partial charge is 0.132 e. The molecule has 0 bridgehead atoms. The Hall–Kier alpha value is -0.590. The molecule has 0 saturated carbocycles. The van der Waals surface area contributed by atoms with Crippen LogP contribution in [0.3, 0.4) is 0 Å². The predicted octanol–water partition coefficient (Wildman–Crippen LogP) is 2.42. The lowest BCUT2D eigenvalue weighted by Gasteiger charge is -2.09. The van der Waals surface area contributed by atoms with Crippen LogP contribution >= 0.6 is 0 Å². The molecule has 0 aromatic rings. The number of carbonyl (C=O) groups is 1. The van der Waals surface area contributed by atoms with Gasteiger partial charge in [0.2, 0.25) is 0 Å². The van der Waals surface area contributed by atoms with Crippen LogP contribution in [0.4, 0.5) is 0 Å². The van der Waals surface area contributed by atoms with Gasteiger partial charge >= 0.3 is 0 Å². The van der Waals surface area contributed by atoms with E-state index in [1.165, 1.54) is 0 Å². The number of rotatable bonds is 4. The average Bonchev–Trinajstić information content (AvgIpc) is 1.87. The molecule has 2 atom stereocenters. The second kappa shape index (κ2) is 4.26.